The van der Waals surface area contributed by atoms with E-state index in [2.05, 4.69) is 5.32 Å². The van der Waals surface area contributed by atoms with Gasteiger partial charge >= 0.3 is 12.3 Å². The molecule has 1 saturated carbocycles. The summed E-state index contributed by atoms with van der Waals surface area (Å²) in [5.74, 6) is -3.91. The van der Waals surface area contributed by atoms with Crippen molar-refractivity contribution in [1.82, 2.24) is 10.2 Å². The molecule has 1 aliphatic carbocycles. The molecule has 0 bridgehead atoms. The van der Waals surface area contributed by atoms with Crippen LogP contribution in [0, 0.1) is 0 Å². The zero-order valence-electron chi connectivity index (χ0n) is 11.3. The molecule has 1 aliphatic heterocycles. The highest BCUT2D eigenvalue weighted by Gasteiger charge is 2.47. The van der Waals surface area contributed by atoms with Gasteiger partial charge in [-0.1, -0.05) is 19.8 Å². The van der Waals surface area contributed by atoms with E-state index in [4.69, 9.17) is 0 Å². The second kappa shape index (κ2) is 5.56. The molecule has 0 radical (unpaired) electrons. The monoisotopic (exact) mass is 282 g/mol. The van der Waals surface area contributed by atoms with Crippen molar-refractivity contribution in [2.24, 2.45) is 0 Å². The molecule has 2 nitrogen and oxygen atoms in total. The second-order valence-corrected chi connectivity index (χ2v) is 5.90. The number of nitrogens with zero attached hydrogens (tertiary/aromatic N) is 1. The van der Waals surface area contributed by atoms with Crippen LogP contribution in [-0.2, 0) is 0 Å². The fourth-order valence-electron chi connectivity index (χ4n) is 3.35. The van der Waals surface area contributed by atoms with E-state index in [1.165, 1.54) is 0 Å². The molecule has 19 heavy (non-hydrogen) atoms. The van der Waals surface area contributed by atoms with E-state index in [0.29, 0.717) is 19.5 Å². The Morgan fingerprint density at radius 3 is 2.47 bits per heavy atom. The van der Waals surface area contributed by atoms with E-state index in [9.17, 15) is 17.6 Å². The van der Waals surface area contributed by atoms with Crippen LogP contribution in [0.15, 0.2) is 0 Å². The summed E-state index contributed by atoms with van der Waals surface area (Å²) in [6.07, 6.45) is 1.20. The third-order valence-corrected chi connectivity index (χ3v) is 4.50. The third-order valence-electron chi connectivity index (χ3n) is 4.50. The third kappa shape index (κ3) is 3.21. The van der Waals surface area contributed by atoms with Crippen LogP contribution >= 0.6 is 0 Å². The standard InChI is InChI=1S/C13H22F4N2/c1-2-10-7-18-12(5-3-4-6-12)8-19(10)9-13(16,17)11(14)15/h10-11,18H,2-9H2,1H3. The number of halogens is 4. The summed E-state index contributed by atoms with van der Waals surface area (Å²) in [6.45, 7) is 2.17. The van der Waals surface area contributed by atoms with Gasteiger partial charge in [0.2, 0.25) is 0 Å². The minimum absolute atomic E-state index is 0.0733. The number of alkyl halides is 4. The molecule has 0 amide bonds. The molecule has 0 aromatic heterocycles. The Bertz CT molecular complexity index is 301. The largest absolute Gasteiger partial charge is 0.319 e. The van der Waals surface area contributed by atoms with Gasteiger partial charge < -0.3 is 5.32 Å². The average molecular weight is 282 g/mol. The fourth-order valence-corrected chi connectivity index (χ4v) is 3.35. The first kappa shape index (κ1) is 15.0. The van der Waals surface area contributed by atoms with Gasteiger partial charge in [0.05, 0.1) is 6.54 Å². The Kier molecular flexibility index (Phi) is 4.40. The maximum atomic E-state index is 13.3. The number of hydrogen-bond donors (Lipinski definition) is 1. The van der Waals surface area contributed by atoms with Gasteiger partial charge in [0, 0.05) is 24.7 Å². The molecular formula is C13H22F4N2. The Balaban J connectivity index is 2.05. The Labute approximate surface area is 111 Å². The van der Waals surface area contributed by atoms with Gasteiger partial charge in [0.1, 0.15) is 0 Å². The molecule has 0 aromatic carbocycles. The van der Waals surface area contributed by atoms with E-state index in [1.54, 1.807) is 4.90 Å². The molecule has 2 fully saturated rings. The van der Waals surface area contributed by atoms with E-state index in [0.717, 1.165) is 25.7 Å². The van der Waals surface area contributed by atoms with Gasteiger partial charge in [0.25, 0.3) is 0 Å². The van der Waals surface area contributed by atoms with Crippen LogP contribution in [0.5, 0.6) is 0 Å². The number of rotatable bonds is 4. The van der Waals surface area contributed by atoms with Gasteiger partial charge in [-0.3, -0.25) is 4.90 Å². The van der Waals surface area contributed by atoms with Gasteiger partial charge in [-0.2, -0.15) is 8.78 Å². The molecular weight excluding hydrogens is 260 g/mol. The summed E-state index contributed by atoms with van der Waals surface area (Å²) in [5, 5.41) is 3.47. The lowest BCUT2D eigenvalue weighted by Crippen LogP contribution is -2.64. The van der Waals surface area contributed by atoms with E-state index in [1.807, 2.05) is 6.92 Å². The quantitative estimate of drug-likeness (QED) is 0.798. The minimum atomic E-state index is -3.91. The lowest BCUT2D eigenvalue weighted by atomic mass is 9.91. The van der Waals surface area contributed by atoms with Crippen LogP contribution in [0.4, 0.5) is 17.6 Å². The van der Waals surface area contributed by atoms with E-state index >= 15 is 0 Å². The lowest BCUT2D eigenvalue weighted by Gasteiger charge is -2.47. The maximum Gasteiger partial charge on any atom is 0.319 e. The molecule has 6 heteroatoms. The molecule has 1 spiro atoms. The number of piperazine rings is 1. The van der Waals surface area contributed by atoms with E-state index < -0.39 is 18.9 Å². The van der Waals surface area contributed by atoms with Crippen molar-refractivity contribution in [2.75, 3.05) is 19.6 Å². The first-order valence-electron chi connectivity index (χ1n) is 7.04. The maximum absolute atomic E-state index is 13.3. The Morgan fingerprint density at radius 2 is 1.95 bits per heavy atom. The first-order valence-corrected chi connectivity index (χ1v) is 7.04. The summed E-state index contributed by atoms with van der Waals surface area (Å²) >= 11 is 0. The van der Waals surface area contributed by atoms with Crippen LogP contribution in [0.1, 0.15) is 39.0 Å². The van der Waals surface area contributed by atoms with Gasteiger partial charge in [-0.25, -0.2) is 8.78 Å². The van der Waals surface area contributed by atoms with Crippen LogP contribution in [-0.4, -0.2) is 48.5 Å². The smallest absolute Gasteiger partial charge is 0.308 e. The molecule has 1 atom stereocenters. The molecule has 0 aromatic rings. The molecule has 1 N–H and O–H groups in total. The van der Waals surface area contributed by atoms with Crippen LogP contribution < -0.4 is 5.32 Å². The van der Waals surface area contributed by atoms with Crippen molar-refractivity contribution in [3.63, 3.8) is 0 Å². The number of hydrogen-bond acceptors (Lipinski definition) is 2. The molecule has 2 rings (SSSR count). The van der Waals surface area contributed by atoms with Crippen molar-refractivity contribution in [3.8, 4) is 0 Å². The van der Waals surface area contributed by atoms with Crippen molar-refractivity contribution in [1.29, 1.82) is 0 Å². The zero-order chi connectivity index (χ0) is 14.1. The zero-order valence-corrected chi connectivity index (χ0v) is 11.3. The van der Waals surface area contributed by atoms with Crippen molar-refractivity contribution >= 4 is 0 Å². The predicted molar refractivity (Wildman–Crippen MR) is 65.8 cm³/mol. The molecule has 2 aliphatic rings. The Morgan fingerprint density at radius 1 is 1.32 bits per heavy atom. The minimum Gasteiger partial charge on any atom is -0.308 e. The van der Waals surface area contributed by atoms with Gasteiger partial charge in [-0.15, -0.1) is 0 Å². The summed E-state index contributed by atoms with van der Waals surface area (Å²) < 4.78 is 51.4. The van der Waals surface area contributed by atoms with Crippen LogP contribution in [0.2, 0.25) is 0 Å². The molecule has 1 saturated heterocycles. The van der Waals surface area contributed by atoms with Crippen LogP contribution in [0.25, 0.3) is 0 Å². The number of nitrogens with one attached hydrogen (secondary N) is 1. The summed E-state index contributed by atoms with van der Waals surface area (Å²) in [6, 6.07) is -0.0733. The van der Waals surface area contributed by atoms with Crippen molar-refractivity contribution in [2.45, 2.75) is 63.0 Å². The molecule has 1 heterocycles. The summed E-state index contributed by atoms with van der Waals surface area (Å²) in [4.78, 5) is 1.58. The normalized spacial score (nSPS) is 28.4. The van der Waals surface area contributed by atoms with E-state index in [-0.39, 0.29) is 11.6 Å². The van der Waals surface area contributed by atoms with Gasteiger partial charge in [0.15, 0.2) is 0 Å². The highest BCUT2D eigenvalue weighted by atomic mass is 19.3. The predicted octanol–water partition coefficient (Wildman–Crippen LogP) is 2.88. The highest BCUT2D eigenvalue weighted by molar-refractivity contribution is 5.01. The first-order chi connectivity index (χ1) is 8.88. The second-order valence-electron chi connectivity index (χ2n) is 5.90. The lowest BCUT2D eigenvalue weighted by molar-refractivity contribution is -0.151. The van der Waals surface area contributed by atoms with Crippen molar-refractivity contribution < 1.29 is 17.6 Å². The van der Waals surface area contributed by atoms with Gasteiger partial charge in [-0.05, 0) is 19.3 Å². The summed E-state index contributed by atoms with van der Waals surface area (Å²) in [7, 11) is 0. The Hall–Kier alpha value is -0.360. The highest BCUT2D eigenvalue weighted by Crippen LogP contribution is 2.35. The molecule has 1 unspecified atom stereocenters. The fraction of sp³-hybridized carbons (Fsp3) is 1.00. The average Bonchev–Trinajstić information content (AvgIpc) is 2.77. The molecule has 112 valence electrons. The summed E-state index contributed by atoms with van der Waals surface area (Å²) in [5.41, 5.74) is -0.121. The van der Waals surface area contributed by atoms with Crippen molar-refractivity contribution in [3.05, 3.63) is 0 Å². The topological polar surface area (TPSA) is 15.3 Å². The SMILES string of the molecule is CCC1CNC2(CCCC2)CN1CC(F)(F)C(F)F. The van der Waals surface area contributed by atoms with Crippen LogP contribution in [0.3, 0.4) is 0 Å².